The number of hydrogen-bond acceptors (Lipinski definition) is 4. The lowest BCUT2D eigenvalue weighted by molar-refractivity contribution is -0.384. The van der Waals surface area contributed by atoms with E-state index in [9.17, 15) is 14.9 Å². The highest BCUT2D eigenvalue weighted by molar-refractivity contribution is 7.14. The Morgan fingerprint density at radius 3 is 2.42 bits per heavy atom. The van der Waals surface area contributed by atoms with E-state index >= 15 is 0 Å². The zero-order valence-corrected chi connectivity index (χ0v) is 11.0. The Bertz CT molecular complexity index is 641. The SMILES string of the molecule is Cc1ccc(C(=O)C=Cc2ccc([N+](=O)[O-])cc2)s1. The van der Waals surface area contributed by atoms with E-state index in [0.717, 1.165) is 10.4 Å². The summed E-state index contributed by atoms with van der Waals surface area (Å²) in [5, 5.41) is 10.5. The maximum atomic E-state index is 11.8. The first-order chi connectivity index (χ1) is 9.06. The number of non-ortho nitro benzene ring substituents is 1. The number of carbonyl (C=O) groups excluding carboxylic acids is 1. The summed E-state index contributed by atoms with van der Waals surface area (Å²) in [7, 11) is 0. The summed E-state index contributed by atoms with van der Waals surface area (Å²) < 4.78 is 0. The van der Waals surface area contributed by atoms with Crippen LogP contribution in [0.1, 0.15) is 20.1 Å². The fourth-order valence-electron chi connectivity index (χ4n) is 1.53. The van der Waals surface area contributed by atoms with Crippen molar-refractivity contribution in [2.45, 2.75) is 6.92 Å². The summed E-state index contributed by atoms with van der Waals surface area (Å²) in [6.07, 6.45) is 3.13. The summed E-state index contributed by atoms with van der Waals surface area (Å²) >= 11 is 1.45. The molecule has 2 aromatic rings. The number of thiophene rings is 1. The molecule has 0 atom stereocenters. The quantitative estimate of drug-likeness (QED) is 0.368. The highest BCUT2D eigenvalue weighted by Crippen LogP contribution is 2.17. The van der Waals surface area contributed by atoms with Gasteiger partial charge in [0.2, 0.25) is 0 Å². The first-order valence-electron chi connectivity index (χ1n) is 5.59. The number of carbonyl (C=O) groups is 1. The molecule has 0 amide bonds. The molecule has 1 aromatic heterocycles. The predicted molar refractivity (Wildman–Crippen MR) is 75.5 cm³/mol. The zero-order valence-electron chi connectivity index (χ0n) is 10.2. The van der Waals surface area contributed by atoms with Crippen molar-refractivity contribution in [2.24, 2.45) is 0 Å². The normalized spacial score (nSPS) is 10.8. The molecule has 0 bridgehead atoms. The van der Waals surface area contributed by atoms with E-state index in [1.807, 2.05) is 13.0 Å². The second kappa shape index (κ2) is 5.58. The molecule has 0 saturated carbocycles. The molecular formula is C14H11NO3S. The van der Waals surface area contributed by atoms with Gasteiger partial charge in [0.05, 0.1) is 9.80 Å². The van der Waals surface area contributed by atoms with Crippen LogP contribution in [0.15, 0.2) is 42.5 Å². The number of nitrogens with zero attached hydrogens (tertiary/aromatic N) is 1. The van der Waals surface area contributed by atoms with Crippen LogP contribution in [-0.4, -0.2) is 10.7 Å². The molecule has 0 aliphatic rings. The van der Waals surface area contributed by atoms with Gasteiger partial charge in [0.1, 0.15) is 0 Å². The average Bonchev–Trinajstić information content (AvgIpc) is 2.83. The van der Waals surface area contributed by atoms with Crippen molar-refractivity contribution < 1.29 is 9.72 Å². The van der Waals surface area contributed by atoms with E-state index in [1.165, 1.54) is 29.5 Å². The van der Waals surface area contributed by atoms with Gasteiger partial charge in [-0.15, -0.1) is 11.3 Å². The third-order valence-electron chi connectivity index (χ3n) is 2.51. The molecule has 0 radical (unpaired) electrons. The van der Waals surface area contributed by atoms with Crippen LogP contribution in [0.3, 0.4) is 0 Å². The second-order valence-electron chi connectivity index (χ2n) is 3.96. The smallest absolute Gasteiger partial charge is 0.269 e. The second-order valence-corrected chi connectivity index (χ2v) is 5.24. The van der Waals surface area contributed by atoms with Crippen LogP contribution in [0.2, 0.25) is 0 Å². The van der Waals surface area contributed by atoms with Crippen molar-refractivity contribution in [3.8, 4) is 0 Å². The van der Waals surface area contributed by atoms with Gasteiger partial charge in [0, 0.05) is 17.0 Å². The van der Waals surface area contributed by atoms with Crippen molar-refractivity contribution in [2.75, 3.05) is 0 Å². The Labute approximate surface area is 114 Å². The van der Waals surface area contributed by atoms with Gasteiger partial charge < -0.3 is 0 Å². The molecule has 2 rings (SSSR count). The molecular weight excluding hydrogens is 262 g/mol. The van der Waals surface area contributed by atoms with Crippen LogP contribution in [0, 0.1) is 17.0 Å². The maximum absolute atomic E-state index is 11.8. The molecule has 0 aliphatic heterocycles. The monoisotopic (exact) mass is 273 g/mol. The molecule has 5 heteroatoms. The highest BCUT2D eigenvalue weighted by Gasteiger charge is 2.05. The zero-order chi connectivity index (χ0) is 13.8. The van der Waals surface area contributed by atoms with Crippen molar-refractivity contribution in [1.29, 1.82) is 0 Å². The van der Waals surface area contributed by atoms with E-state index in [1.54, 1.807) is 24.3 Å². The van der Waals surface area contributed by atoms with Gasteiger partial charge in [-0.05, 0) is 42.8 Å². The molecule has 0 fully saturated rings. The van der Waals surface area contributed by atoms with Crippen molar-refractivity contribution >= 4 is 28.9 Å². The minimum absolute atomic E-state index is 0.0392. The van der Waals surface area contributed by atoms with E-state index in [-0.39, 0.29) is 11.5 Å². The van der Waals surface area contributed by atoms with Crippen LogP contribution in [0.25, 0.3) is 6.08 Å². The van der Waals surface area contributed by atoms with Crippen molar-refractivity contribution in [3.05, 3.63) is 67.9 Å². The Morgan fingerprint density at radius 1 is 1.21 bits per heavy atom. The minimum atomic E-state index is -0.451. The highest BCUT2D eigenvalue weighted by atomic mass is 32.1. The predicted octanol–water partition coefficient (Wildman–Crippen LogP) is 3.86. The van der Waals surface area contributed by atoms with Crippen LogP contribution in [0.4, 0.5) is 5.69 Å². The summed E-state index contributed by atoms with van der Waals surface area (Å²) in [5.41, 5.74) is 0.796. The Balaban J connectivity index is 2.10. The molecule has 0 N–H and O–H groups in total. The van der Waals surface area contributed by atoms with Gasteiger partial charge in [-0.1, -0.05) is 6.08 Å². The summed E-state index contributed by atoms with van der Waals surface area (Å²) in [6.45, 7) is 1.95. The van der Waals surface area contributed by atoms with Crippen LogP contribution >= 0.6 is 11.3 Å². The summed E-state index contributed by atoms with van der Waals surface area (Å²) in [5.74, 6) is -0.0588. The van der Waals surface area contributed by atoms with Gasteiger partial charge in [-0.3, -0.25) is 14.9 Å². The number of allylic oxidation sites excluding steroid dienone is 1. The third kappa shape index (κ3) is 3.35. The minimum Gasteiger partial charge on any atom is -0.288 e. The van der Waals surface area contributed by atoms with Gasteiger partial charge in [0.25, 0.3) is 5.69 Å². The van der Waals surface area contributed by atoms with Crippen LogP contribution in [0.5, 0.6) is 0 Å². The van der Waals surface area contributed by atoms with E-state index in [4.69, 9.17) is 0 Å². The molecule has 1 aromatic carbocycles. The average molecular weight is 273 g/mol. The van der Waals surface area contributed by atoms with Gasteiger partial charge in [-0.2, -0.15) is 0 Å². The van der Waals surface area contributed by atoms with Crippen molar-refractivity contribution in [1.82, 2.24) is 0 Å². The van der Waals surface area contributed by atoms with Gasteiger partial charge >= 0.3 is 0 Å². The molecule has 0 aliphatic carbocycles. The van der Waals surface area contributed by atoms with Gasteiger partial charge in [-0.25, -0.2) is 0 Å². The van der Waals surface area contributed by atoms with Crippen LogP contribution < -0.4 is 0 Å². The largest absolute Gasteiger partial charge is 0.288 e. The number of ketones is 1. The van der Waals surface area contributed by atoms with E-state index in [0.29, 0.717) is 4.88 Å². The lowest BCUT2D eigenvalue weighted by atomic mass is 10.1. The fraction of sp³-hybridized carbons (Fsp3) is 0.0714. The third-order valence-corrected chi connectivity index (χ3v) is 3.53. The molecule has 0 spiro atoms. The first-order valence-corrected chi connectivity index (χ1v) is 6.41. The standard InChI is InChI=1S/C14H11NO3S/c1-10-2-9-14(19-10)13(16)8-5-11-3-6-12(7-4-11)15(17)18/h2-9H,1H3. The van der Waals surface area contributed by atoms with E-state index < -0.39 is 4.92 Å². The number of aryl methyl sites for hydroxylation is 1. The topological polar surface area (TPSA) is 60.2 Å². The molecule has 0 saturated heterocycles. The molecule has 0 unspecified atom stereocenters. The Kier molecular flexibility index (Phi) is 3.87. The van der Waals surface area contributed by atoms with Gasteiger partial charge in [0.15, 0.2) is 5.78 Å². The Hall–Kier alpha value is -2.27. The summed E-state index contributed by atoms with van der Waals surface area (Å²) in [6, 6.07) is 9.75. The maximum Gasteiger partial charge on any atom is 0.269 e. The van der Waals surface area contributed by atoms with E-state index in [2.05, 4.69) is 0 Å². The Morgan fingerprint density at radius 2 is 1.89 bits per heavy atom. The number of nitro groups is 1. The lowest BCUT2D eigenvalue weighted by Gasteiger charge is -1.93. The number of benzene rings is 1. The summed E-state index contributed by atoms with van der Waals surface area (Å²) in [4.78, 5) is 23.7. The first kappa shape index (κ1) is 13.2. The molecule has 96 valence electrons. The fourth-order valence-corrected chi connectivity index (χ4v) is 2.32. The van der Waals surface area contributed by atoms with Crippen molar-refractivity contribution in [3.63, 3.8) is 0 Å². The number of rotatable bonds is 4. The molecule has 19 heavy (non-hydrogen) atoms. The molecule has 1 heterocycles. The van der Waals surface area contributed by atoms with Crippen LogP contribution in [-0.2, 0) is 0 Å². The number of hydrogen-bond donors (Lipinski definition) is 0. The molecule has 4 nitrogen and oxygen atoms in total. The number of nitro benzene ring substituents is 1. The lowest BCUT2D eigenvalue weighted by Crippen LogP contribution is -1.89.